The van der Waals surface area contributed by atoms with E-state index in [0.29, 0.717) is 33.3 Å². The Morgan fingerprint density at radius 2 is 1.74 bits per heavy atom. The van der Waals surface area contributed by atoms with Crippen LogP contribution in [0.2, 0.25) is 0 Å². The normalized spacial score (nSPS) is 12.1. The zero-order valence-corrected chi connectivity index (χ0v) is 20.4. The molecule has 1 N–H and O–H groups in total. The lowest BCUT2D eigenvalue weighted by Gasteiger charge is -2.11. The van der Waals surface area contributed by atoms with Gasteiger partial charge in [0.05, 0.1) is 5.52 Å². The number of carbonyl (C=O) groups excluding carboxylic acids is 1. The monoisotopic (exact) mass is 521 g/mol. The number of fused-ring (bicyclic) bond motifs is 1. The Labute approximate surface area is 216 Å². The van der Waals surface area contributed by atoms with Crippen molar-refractivity contribution in [2.45, 2.75) is 32.7 Å². The molecular weight excluding hydrogens is 499 g/mol. The first-order valence-electron chi connectivity index (χ1n) is 11.4. The molecule has 0 aliphatic heterocycles. The molecule has 1 aromatic heterocycles. The maximum Gasteiger partial charge on any atom is 0.573 e. The largest absolute Gasteiger partial charge is 0.573 e. The number of halogens is 3. The van der Waals surface area contributed by atoms with Crippen molar-refractivity contribution in [3.63, 3.8) is 0 Å². The number of alkyl halides is 3. The summed E-state index contributed by atoms with van der Waals surface area (Å²) in [6.07, 6.45) is -0.932. The number of ether oxygens (including phenoxy) is 2. The maximum absolute atomic E-state index is 13.5. The minimum atomic E-state index is -4.88. The molecule has 0 aliphatic rings. The number of hydrogen-bond donors (Lipinski definition) is 1. The Balaban J connectivity index is 1.81. The highest BCUT2D eigenvalue weighted by atomic mass is 19.4. The van der Waals surface area contributed by atoms with Crippen LogP contribution in [0.15, 0.2) is 66.7 Å². The van der Waals surface area contributed by atoms with Gasteiger partial charge in [0, 0.05) is 16.6 Å². The van der Waals surface area contributed by atoms with Gasteiger partial charge in [-0.3, -0.25) is 9.36 Å². The standard InChI is InChI=1S/C29H22F3NO5/c1-4-26(28(35)36)37-21-7-5-6-19(14-21)15-23-18(3)33(27(34)20-10-8-17(2)9-11-20)25-13-12-22(16-24(23)25)38-29(30,31)32/h1,5-14,16,26H,15H2,2-3H3,(H,35,36). The quantitative estimate of drug-likeness (QED) is 0.307. The van der Waals surface area contributed by atoms with Gasteiger partial charge in [0.2, 0.25) is 0 Å². The highest BCUT2D eigenvalue weighted by Crippen LogP contribution is 2.34. The second-order valence-electron chi connectivity index (χ2n) is 8.62. The van der Waals surface area contributed by atoms with Crippen molar-refractivity contribution in [2.24, 2.45) is 0 Å². The molecule has 0 amide bonds. The molecule has 0 saturated heterocycles. The molecule has 4 aromatic rings. The molecule has 194 valence electrons. The van der Waals surface area contributed by atoms with E-state index >= 15 is 0 Å². The van der Waals surface area contributed by atoms with Gasteiger partial charge in [-0.15, -0.1) is 19.6 Å². The second-order valence-corrected chi connectivity index (χ2v) is 8.62. The molecule has 4 rings (SSSR count). The van der Waals surface area contributed by atoms with Crippen LogP contribution >= 0.6 is 0 Å². The average Bonchev–Trinajstić information content (AvgIpc) is 3.12. The summed E-state index contributed by atoms with van der Waals surface area (Å²) in [5.74, 6) is 0.192. The van der Waals surface area contributed by atoms with E-state index in [-0.39, 0.29) is 18.1 Å². The molecule has 1 unspecified atom stereocenters. The molecule has 0 spiro atoms. The highest BCUT2D eigenvalue weighted by molar-refractivity contribution is 6.04. The van der Waals surface area contributed by atoms with Crippen LogP contribution in [0.1, 0.15) is 32.7 Å². The van der Waals surface area contributed by atoms with Gasteiger partial charge in [0.25, 0.3) is 12.0 Å². The summed E-state index contributed by atoms with van der Waals surface area (Å²) in [6.45, 7) is 3.61. The molecule has 0 aliphatic carbocycles. The third-order valence-corrected chi connectivity index (χ3v) is 5.95. The smallest absolute Gasteiger partial charge is 0.478 e. The molecule has 0 radical (unpaired) electrons. The van der Waals surface area contributed by atoms with Crippen molar-refractivity contribution < 1.29 is 37.3 Å². The predicted molar refractivity (Wildman–Crippen MR) is 134 cm³/mol. The van der Waals surface area contributed by atoms with Gasteiger partial charge in [-0.2, -0.15) is 0 Å². The van der Waals surface area contributed by atoms with Gasteiger partial charge in [-0.1, -0.05) is 35.7 Å². The van der Waals surface area contributed by atoms with Crippen LogP contribution in [-0.4, -0.2) is 34.0 Å². The lowest BCUT2D eigenvalue weighted by Crippen LogP contribution is -2.24. The second kappa shape index (κ2) is 10.3. The van der Waals surface area contributed by atoms with Crippen LogP contribution < -0.4 is 9.47 Å². The molecular formula is C29H22F3NO5. The number of aromatic nitrogens is 1. The van der Waals surface area contributed by atoms with E-state index in [1.807, 2.05) is 12.8 Å². The number of nitrogens with zero attached hydrogens (tertiary/aromatic N) is 1. The minimum absolute atomic E-state index is 0.205. The lowest BCUT2D eigenvalue weighted by atomic mass is 10.0. The molecule has 6 nitrogen and oxygen atoms in total. The molecule has 0 fully saturated rings. The van der Waals surface area contributed by atoms with Crippen molar-refractivity contribution in [1.29, 1.82) is 0 Å². The first-order valence-corrected chi connectivity index (χ1v) is 11.4. The summed E-state index contributed by atoms with van der Waals surface area (Å²) in [5, 5.41) is 9.58. The van der Waals surface area contributed by atoms with Crippen molar-refractivity contribution in [3.8, 4) is 23.8 Å². The number of carbonyl (C=O) groups is 2. The first kappa shape index (κ1) is 26.4. The lowest BCUT2D eigenvalue weighted by molar-refractivity contribution is -0.274. The molecule has 0 saturated carbocycles. The zero-order valence-electron chi connectivity index (χ0n) is 20.4. The van der Waals surface area contributed by atoms with Crippen LogP contribution in [0.25, 0.3) is 10.9 Å². The molecule has 3 aromatic carbocycles. The van der Waals surface area contributed by atoms with Crippen LogP contribution in [0.5, 0.6) is 11.5 Å². The molecule has 1 atom stereocenters. The van der Waals surface area contributed by atoms with Gasteiger partial charge >= 0.3 is 12.3 Å². The van der Waals surface area contributed by atoms with Crippen LogP contribution in [-0.2, 0) is 11.2 Å². The summed E-state index contributed by atoms with van der Waals surface area (Å²) >= 11 is 0. The van der Waals surface area contributed by atoms with E-state index in [9.17, 15) is 27.9 Å². The van der Waals surface area contributed by atoms with E-state index in [0.717, 1.165) is 11.6 Å². The van der Waals surface area contributed by atoms with Crippen molar-refractivity contribution in [2.75, 3.05) is 0 Å². The fraction of sp³-hybridized carbons (Fsp3) is 0.172. The number of benzene rings is 3. The number of aliphatic carboxylic acids is 1. The van der Waals surface area contributed by atoms with Gasteiger partial charge in [-0.05, 0) is 73.9 Å². The number of carboxylic acid groups (broad SMARTS) is 1. The third kappa shape index (κ3) is 5.65. The number of carboxylic acids is 1. The predicted octanol–water partition coefficient (Wildman–Crippen LogP) is 5.90. The van der Waals surface area contributed by atoms with Gasteiger partial charge < -0.3 is 14.6 Å². The van der Waals surface area contributed by atoms with Crippen LogP contribution in [0.3, 0.4) is 0 Å². The molecule has 0 bridgehead atoms. The van der Waals surface area contributed by atoms with Crippen LogP contribution in [0.4, 0.5) is 13.2 Å². The summed E-state index contributed by atoms with van der Waals surface area (Å²) in [6, 6.07) is 17.3. The molecule has 38 heavy (non-hydrogen) atoms. The fourth-order valence-corrected chi connectivity index (χ4v) is 4.19. The summed E-state index contributed by atoms with van der Waals surface area (Å²) in [7, 11) is 0. The Hall–Kier alpha value is -4.71. The van der Waals surface area contributed by atoms with E-state index in [4.69, 9.17) is 11.2 Å². The van der Waals surface area contributed by atoms with Gasteiger partial charge in [-0.25, -0.2) is 4.79 Å². The summed E-state index contributed by atoms with van der Waals surface area (Å²) < 4.78 is 49.8. The van der Waals surface area contributed by atoms with Crippen molar-refractivity contribution in [3.05, 3.63) is 94.7 Å². The summed E-state index contributed by atoms with van der Waals surface area (Å²) in [4.78, 5) is 24.7. The number of aryl methyl sites for hydroxylation is 1. The van der Waals surface area contributed by atoms with E-state index < -0.39 is 24.2 Å². The number of rotatable bonds is 7. The fourth-order valence-electron chi connectivity index (χ4n) is 4.19. The maximum atomic E-state index is 13.5. The zero-order chi connectivity index (χ0) is 27.6. The van der Waals surface area contributed by atoms with E-state index in [1.165, 1.54) is 16.7 Å². The van der Waals surface area contributed by atoms with Crippen LogP contribution in [0, 0.1) is 26.2 Å². The van der Waals surface area contributed by atoms with Gasteiger partial charge in [0.1, 0.15) is 11.5 Å². The minimum Gasteiger partial charge on any atom is -0.478 e. The van der Waals surface area contributed by atoms with Crippen molar-refractivity contribution >= 4 is 22.8 Å². The number of terminal acetylenes is 1. The summed E-state index contributed by atoms with van der Waals surface area (Å²) in [5.41, 5.74) is 3.61. The topological polar surface area (TPSA) is 77.8 Å². The molecule has 1 heterocycles. The SMILES string of the molecule is C#CC(Oc1cccc(Cc2c(C)n(C(=O)c3ccc(C)cc3)c3ccc(OC(F)(F)F)cc23)c1)C(=O)O. The van der Waals surface area contributed by atoms with E-state index in [1.54, 1.807) is 55.5 Å². The Bertz CT molecular complexity index is 1560. The Morgan fingerprint density at radius 1 is 1.03 bits per heavy atom. The number of hydrogen-bond acceptors (Lipinski definition) is 4. The molecule has 9 heteroatoms. The van der Waals surface area contributed by atoms with Gasteiger partial charge in [0.15, 0.2) is 0 Å². The average molecular weight is 521 g/mol. The first-order chi connectivity index (χ1) is 18.0. The third-order valence-electron chi connectivity index (χ3n) is 5.95. The Kier molecular flexibility index (Phi) is 7.17. The van der Waals surface area contributed by atoms with E-state index in [2.05, 4.69) is 4.74 Å². The highest BCUT2D eigenvalue weighted by Gasteiger charge is 2.31. The Morgan fingerprint density at radius 3 is 2.37 bits per heavy atom. The van der Waals surface area contributed by atoms with Crippen molar-refractivity contribution in [1.82, 2.24) is 4.57 Å².